The Balaban J connectivity index is 2.70. The standard InChI is InChI=1S/C15H16N2O2/c1-4-11(10(2)19-3)14-16-13-9-7-5-6-8-12(13)15(18)17-14/h4-5,7-9H,2,6H2,1,3H3,(H,16,17,18)/b11-4+. The average Bonchev–Trinajstić information content (AvgIpc) is 2.65. The third-order valence-electron chi connectivity index (χ3n) is 2.92. The van der Waals surface area contributed by atoms with Crippen LogP contribution in [0.1, 0.15) is 19.2 Å². The molecule has 0 atom stereocenters. The first-order valence-electron chi connectivity index (χ1n) is 6.04. The number of H-pyrrole nitrogens is 1. The highest BCUT2D eigenvalue weighted by Crippen LogP contribution is 2.16. The Morgan fingerprint density at radius 3 is 3.05 bits per heavy atom. The third kappa shape index (κ3) is 2.57. The summed E-state index contributed by atoms with van der Waals surface area (Å²) >= 11 is 0. The molecule has 1 aliphatic carbocycles. The average molecular weight is 256 g/mol. The minimum atomic E-state index is -0.150. The van der Waals surface area contributed by atoms with Crippen molar-refractivity contribution in [3.63, 3.8) is 0 Å². The molecule has 19 heavy (non-hydrogen) atoms. The SMILES string of the molecule is C=C(OC)/C(=C\C)c1nc2c(c(=O)[nH]1)=CCC=CC=2. The molecule has 0 radical (unpaired) electrons. The molecule has 1 heterocycles. The first kappa shape index (κ1) is 13.1. The highest BCUT2D eigenvalue weighted by atomic mass is 16.5. The normalized spacial score (nSPS) is 13.9. The molecular formula is C15H16N2O2. The Labute approximate surface area is 111 Å². The fourth-order valence-corrected chi connectivity index (χ4v) is 1.92. The number of nitrogens with zero attached hydrogens (tertiary/aromatic N) is 1. The number of allylic oxidation sites excluding steroid dienone is 4. The predicted molar refractivity (Wildman–Crippen MR) is 76.6 cm³/mol. The third-order valence-corrected chi connectivity index (χ3v) is 2.92. The van der Waals surface area contributed by atoms with Crippen LogP contribution in [0.2, 0.25) is 0 Å². The summed E-state index contributed by atoms with van der Waals surface area (Å²) < 4.78 is 5.11. The fraction of sp³-hybridized carbons (Fsp3) is 0.200. The van der Waals surface area contributed by atoms with E-state index in [2.05, 4.69) is 16.5 Å². The summed E-state index contributed by atoms with van der Waals surface area (Å²) in [7, 11) is 1.54. The molecule has 1 aliphatic rings. The van der Waals surface area contributed by atoms with Crippen molar-refractivity contribution in [1.29, 1.82) is 0 Å². The highest BCUT2D eigenvalue weighted by molar-refractivity contribution is 5.72. The Morgan fingerprint density at radius 1 is 1.58 bits per heavy atom. The Hall–Kier alpha value is -2.36. The van der Waals surface area contributed by atoms with E-state index in [-0.39, 0.29) is 5.56 Å². The van der Waals surface area contributed by atoms with Crippen LogP contribution in [0.4, 0.5) is 0 Å². The van der Waals surface area contributed by atoms with Gasteiger partial charge in [0.1, 0.15) is 11.6 Å². The van der Waals surface area contributed by atoms with Crippen molar-refractivity contribution < 1.29 is 4.74 Å². The van der Waals surface area contributed by atoms with Gasteiger partial charge in [0.05, 0.1) is 23.3 Å². The lowest BCUT2D eigenvalue weighted by Gasteiger charge is -2.08. The van der Waals surface area contributed by atoms with Crippen molar-refractivity contribution >= 4 is 17.7 Å². The van der Waals surface area contributed by atoms with E-state index in [0.717, 1.165) is 6.42 Å². The smallest absolute Gasteiger partial charge is 0.258 e. The predicted octanol–water partition coefficient (Wildman–Crippen LogP) is 0.854. The van der Waals surface area contributed by atoms with Gasteiger partial charge in [-0.1, -0.05) is 30.9 Å². The van der Waals surface area contributed by atoms with Crippen LogP contribution in [0, 0.1) is 0 Å². The number of aromatic amines is 1. The number of hydrogen-bond donors (Lipinski definition) is 1. The topological polar surface area (TPSA) is 55.0 Å². The minimum Gasteiger partial charge on any atom is -0.497 e. The van der Waals surface area contributed by atoms with E-state index in [1.54, 1.807) is 0 Å². The van der Waals surface area contributed by atoms with Gasteiger partial charge in [0.2, 0.25) is 0 Å². The number of hydrogen-bond acceptors (Lipinski definition) is 3. The number of methoxy groups -OCH3 is 1. The van der Waals surface area contributed by atoms with Gasteiger partial charge in [0.15, 0.2) is 0 Å². The van der Waals surface area contributed by atoms with Crippen LogP contribution in [0.25, 0.3) is 17.7 Å². The van der Waals surface area contributed by atoms with E-state index < -0.39 is 0 Å². The zero-order valence-electron chi connectivity index (χ0n) is 11.1. The lowest BCUT2D eigenvalue weighted by atomic mass is 10.2. The fourth-order valence-electron chi connectivity index (χ4n) is 1.92. The van der Waals surface area contributed by atoms with Crippen LogP contribution in [-0.4, -0.2) is 17.1 Å². The molecule has 0 unspecified atom stereocenters. The summed E-state index contributed by atoms with van der Waals surface area (Å²) in [5.41, 5.74) is 0.534. The largest absolute Gasteiger partial charge is 0.497 e. The molecule has 0 saturated carbocycles. The molecule has 1 N–H and O–H groups in total. The van der Waals surface area contributed by atoms with E-state index >= 15 is 0 Å². The Kier molecular flexibility index (Phi) is 3.80. The molecule has 98 valence electrons. The van der Waals surface area contributed by atoms with Gasteiger partial charge in [-0.2, -0.15) is 0 Å². The van der Waals surface area contributed by atoms with Crippen LogP contribution in [0.15, 0.2) is 35.4 Å². The van der Waals surface area contributed by atoms with Gasteiger partial charge in [-0.25, -0.2) is 4.98 Å². The van der Waals surface area contributed by atoms with Gasteiger partial charge in [-0.05, 0) is 19.4 Å². The first-order chi connectivity index (χ1) is 9.17. The molecule has 2 rings (SSSR count). The Bertz CT molecular complexity index is 736. The molecule has 0 amide bonds. The van der Waals surface area contributed by atoms with Crippen LogP contribution >= 0.6 is 0 Å². The van der Waals surface area contributed by atoms with Crippen molar-refractivity contribution in [1.82, 2.24) is 9.97 Å². The molecule has 0 fully saturated rings. The summed E-state index contributed by atoms with van der Waals surface area (Å²) in [5, 5.41) is 1.27. The summed E-state index contributed by atoms with van der Waals surface area (Å²) in [6.45, 7) is 5.64. The molecule has 0 aliphatic heterocycles. The molecule has 0 saturated heterocycles. The van der Waals surface area contributed by atoms with Gasteiger partial charge in [-0.15, -0.1) is 0 Å². The van der Waals surface area contributed by atoms with E-state index in [0.29, 0.717) is 27.7 Å². The quantitative estimate of drug-likeness (QED) is 0.644. The van der Waals surface area contributed by atoms with E-state index in [1.165, 1.54) is 7.11 Å². The second kappa shape index (κ2) is 5.52. The second-order valence-electron chi connectivity index (χ2n) is 4.08. The van der Waals surface area contributed by atoms with Crippen molar-refractivity contribution in [2.75, 3.05) is 7.11 Å². The van der Waals surface area contributed by atoms with Crippen LogP contribution in [-0.2, 0) is 4.74 Å². The number of fused-ring (bicyclic) bond motifs is 1. The van der Waals surface area contributed by atoms with Crippen molar-refractivity contribution in [3.8, 4) is 0 Å². The monoisotopic (exact) mass is 256 g/mol. The van der Waals surface area contributed by atoms with Crippen LogP contribution in [0.3, 0.4) is 0 Å². The zero-order valence-corrected chi connectivity index (χ0v) is 11.1. The van der Waals surface area contributed by atoms with Crippen LogP contribution in [0.5, 0.6) is 0 Å². The maximum Gasteiger partial charge on any atom is 0.258 e. The molecule has 0 spiro atoms. The summed E-state index contributed by atoms with van der Waals surface area (Å²) in [4.78, 5) is 19.3. The Morgan fingerprint density at radius 2 is 2.37 bits per heavy atom. The van der Waals surface area contributed by atoms with Crippen molar-refractivity contribution in [2.24, 2.45) is 0 Å². The number of ether oxygens (including phenoxy) is 1. The maximum absolute atomic E-state index is 12.1. The highest BCUT2D eigenvalue weighted by Gasteiger charge is 2.09. The lowest BCUT2D eigenvalue weighted by molar-refractivity contribution is 0.312. The van der Waals surface area contributed by atoms with Gasteiger partial charge in [-0.3, -0.25) is 4.79 Å². The van der Waals surface area contributed by atoms with Gasteiger partial charge in [0.25, 0.3) is 5.56 Å². The molecule has 1 aromatic rings. The molecule has 0 aromatic carbocycles. The maximum atomic E-state index is 12.1. The number of aromatic nitrogens is 2. The second-order valence-corrected chi connectivity index (χ2v) is 4.08. The van der Waals surface area contributed by atoms with Crippen molar-refractivity contribution in [2.45, 2.75) is 13.3 Å². The molecule has 4 nitrogen and oxygen atoms in total. The molecular weight excluding hydrogens is 240 g/mol. The summed E-state index contributed by atoms with van der Waals surface area (Å²) in [6, 6.07) is 0. The molecule has 1 aromatic heterocycles. The first-order valence-corrected chi connectivity index (χ1v) is 6.04. The van der Waals surface area contributed by atoms with Gasteiger partial charge >= 0.3 is 0 Å². The lowest BCUT2D eigenvalue weighted by Crippen LogP contribution is -2.43. The summed E-state index contributed by atoms with van der Waals surface area (Å²) in [6.07, 6.45) is 10.1. The van der Waals surface area contributed by atoms with Gasteiger partial charge < -0.3 is 9.72 Å². The van der Waals surface area contributed by atoms with Gasteiger partial charge in [0, 0.05) is 0 Å². The summed E-state index contributed by atoms with van der Waals surface area (Å²) in [5.74, 6) is 0.941. The number of nitrogens with one attached hydrogen (secondary N) is 1. The van der Waals surface area contributed by atoms with Crippen LogP contribution < -0.4 is 16.1 Å². The minimum absolute atomic E-state index is 0.150. The van der Waals surface area contributed by atoms with E-state index in [4.69, 9.17) is 4.74 Å². The molecule has 0 bridgehead atoms. The van der Waals surface area contributed by atoms with E-state index in [1.807, 2.05) is 37.3 Å². The molecule has 4 heteroatoms. The zero-order chi connectivity index (χ0) is 13.8. The van der Waals surface area contributed by atoms with Crippen molar-refractivity contribution in [3.05, 3.63) is 57.3 Å². The van der Waals surface area contributed by atoms with E-state index in [9.17, 15) is 4.79 Å². The number of rotatable bonds is 3.